The number of esters is 1. The van der Waals surface area contributed by atoms with Crippen molar-refractivity contribution in [2.75, 3.05) is 11.9 Å². The molecular formula is C16H15ClN2O4. The summed E-state index contributed by atoms with van der Waals surface area (Å²) in [6.45, 7) is 0.967. The molecule has 2 rings (SSSR count). The zero-order valence-electron chi connectivity index (χ0n) is 12.6. The first-order chi connectivity index (χ1) is 10.9. The third-order valence-electron chi connectivity index (χ3n) is 3.06. The van der Waals surface area contributed by atoms with Crippen LogP contribution in [0.1, 0.15) is 27.8 Å². The van der Waals surface area contributed by atoms with Crippen LogP contribution < -0.4 is 5.32 Å². The lowest BCUT2D eigenvalue weighted by Crippen LogP contribution is -2.21. The quantitative estimate of drug-likeness (QED) is 0.673. The number of aromatic nitrogens is 1. The fourth-order valence-electron chi connectivity index (χ4n) is 1.93. The van der Waals surface area contributed by atoms with E-state index >= 15 is 0 Å². The molecule has 0 bridgehead atoms. The number of nitrogens with zero attached hydrogens (tertiary/aromatic N) is 1. The predicted octanol–water partition coefficient (Wildman–Crippen LogP) is 2.68. The summed E-state index contributed by atoms with van der Waals surface area (Å²) in [4.78, 5) is 35.0. The molecule has 0 aliphatic rings. The molecule has 0 saturated carbocycles. The number of halogens is 1. The molecule has 0 saturated heterocycles. The number of amides is 1. The third-order valence-corrected chi connectivity index (χ3v) is 3.30. The number of ether oxygens (including phenoxy) is 1. The summed E-state index contributed by atoms with van der Waals surface area (Å²) in [5.74, 6) is -1.32. The average molecular weight is 335 g/mol. The van der Waals surface area contributed by atoms with Crippen LogP contribution in [0.25, 0.3) is 0 Å². The van der Waals surface area contributed by atoms with Crippen LogP contribution in [0, 0.1) is 0 Å². The lowest BCUT2D eigenvalue weighted by Gasteiger charge is -2.07. The van der Waals surface area contributed by atoms with Gasteiger partial charge in [0, 0.05) is 29.5 Å². The van der Waals surface area contributed by atoms with Crippen LogP contribution in [0.3, 0.4) is 0 Å². The highest BCUT2D eigenvalue weighted by Crippen LogP contribution is 2.15. The van der Waals surface area contributed by atoms with E-state index in [4.69, 9.17) is 16.3 Å². The maximum Gasteiger partial charge on any atom is 0.355 e. The second kappa shape index (κ2) is 7.11. The maximum atomic E-state index is 12.0. The minimum Gasteiger partial charge on any atom is -0.451 e. The Balaban J connectivity index is 1.93. The fourth-order valence-corrected chi connectivity index (χ4v) is 2.12. The first-order valence-corrected chi connectivity index (χ1v) is 7.14. The van der Waals surface area contributed by atoms with Crippen LogP contribution >= 0.6 is 11.6 Å². The van der Waals surface area contributed by atoms with Crippen molar-refractivity contribution >= 4 is 34.9 Å². The summed E-state index contributed by atoms with van der Waals surface area (Å²) in [5.41, 5.74) is 1.12. The molecule has 0 spiro atoms. The van der Waals surface area contributed by atoms with Gasteiger partial charge in [-0.15, -0.1) is 0 Å². The van der Waals surface area contributed by atoms with Crippen LogP contribution in [-0.2, 0) is 16.6 Å². The van der Waals surface area contributed by atoms with Crippen molar-refractivity contribution in [1.29, 1.82) is 0 Å². The second-order valence-electron chi connectivity index (χ2n) is 4.92. The molecular weight excluding hydrogens is 320 g/mol. The molecule has 1 aromatic heterocycles. The van der Waals surface area contributed by atoms with Crippen molar-refractivity contribution < 1.29 is 19.1 Å². The molecule has 120 valence electrons. The number of carbonyl (C=O) groups is 3. The minimum absolute atomic E-state index is 0.154. The zero-order valence-corrected chi connectivity index (χ0v) is 13.4. The van der Waals surface area contributed by atoms with Gasteiger partial charge in [-0.3, -0.25) is 9.59 Å². The average Bonchev–Trinajstić information content (AvgIpc) is 2.87. The normalized spacial score (nSPS) is 10.2. The molecule has 1 heterocycles. The fraction of sp³-hybridized carbons (Fsp3) is 0.188. The number of Topliss-reactive ketones (excluding diaryl/α,β-unsaturated/α-hetero) is 1. The SMILES string of the molecule is CC(=O)c1cc(C(=O)OCC(=O)Nc2cccc(Cl)c2)n(C)c1. The van der Waals surface area contributed by atoms with E-state index < -0.39 is 18.5 Å². The lowest BCUT2D eigenvalue weighted by atomic mass is 10.2. The third kappa shape index (κ3) is 4.43. The highest BCUT2D eigenvalue weighted by molar-refractivity contribution is 6.30. The van der Waals surface area contributed by atoms with Gasteiger partial charge >= 0.3 is 5.97 Å². The molecule has 2 aromatic rings. The number of anilines is 1. The molecule has 1 amide bonds. The minimum atomic E-state index is -0.679. The van der Waals surface area contributed by atoms with Gasteiger partial charge in [-0.2, -0.15) is 0 Å². The second-order valence-corrected chi connectivity index (χ2v) is 5.35. The summed E-state index contributed by atoms with van der Waals surface area (Å²) in [7, 11) is 1.62. The van der Waals surface area contributed by atoms with Gasteiger partial charge in [-0.25, -0.2) is 4.79 Å². The highest BCUT2D eigenvalue weighted by atomic mass is 35.5. The van der Waals surface area contributed by atoms with Crippen LogP contribution in [0.15, 0.2) is 36.5 Å². The van der Waals surface area contributed by atoms with Gasteiger partial charge in [0.1, 0.15) is 5.69 Å². The molecule has 1 N–H and O–H groups in total. The van der Waals surface area contributed by atoms with Crippen LogP contribution in [0.4, 0.5) is 5.69 Å². The smallest absolute Gasteiger partial charge is 0.355 e. The lowest BCUT2D eigenvalue weighted by molar-refractivity contribution is -0.119. The van der Waals surface area contributed by atoms with E-state index in [9.17, 15) is 14.4 Å². The molecule has 0 unspecified atom stereocenters. The Morgan fingerprint density at radius 2 is 2.00 bits per heavy atom. The molecule has 7 heteroatoms. The number of nitrogens with one attached hydrogen (secondary N) is 1. The molecule has 0 radical (unpaired) electrons. The van der Waals surface area contributed by atoms with E-state index in [1.54, 1.807) is 31.3 Å². The number of hydrogen-bond donors (Lipinski definition) is 1. The van der Waals surface area contributed by atoms with E-state index in [1.807, 2.05) is 0 Å². The number of rotatable bonds is 5. The van der Waals surface area contributed by atoms with Gasteiger partial charge in [0.15, 0.2) is 12.4 Å². The maximum absolute atomic E-state index is 12.0. The summed E-state index contributed by atoms with van der Waals surface area (Å²) >= 11 is 5.81. The van der Waals surface area contributed by atoms with E-state index in [-0.39, 0.29) is 11.5 Å². The van der Waals surface area contributed by atoms with E-state index in [0.717, 1.165) is 0 Å². The van der Waals surface area contributed by atoms with Crippen molar-refractivity contribution in [3.8, 4) is 0 Å². The van der Waals surface area contributed by atoms with Crippen LogP contribution in [0.2, 0.25) is 5.02 Å². The van der Waals surface area contributed by atoms with Crippen molar-refractivity contribution in [3.05, 3.63) is 52.8 Å². The Morgan fingerprint density at radius 1 is 1.26 bits per heavy atom. The first-order valence-electron chi connectivity index (χ1n) is 6.76. The topological polar surface area (TPSA) is 77.4 Å². The molecule has 0 fully saturated rings. The van der Waals surface area contributed by atoms with E-state index in [1.165, 1.54) is 23.8 Å². The number of hydrogen-bond acceptors (Lipinski definition) is 4. The first kappa shape index (κ1) is 16.8. The van der Waals surface area contributed by atoms with Gasteiger partial charge in [-0.05, 0) is 31.2 Å². The summed E-state index contributed by atoms with van der Waals surface area (Å²) in [6.07, 6.45) is 1.53. The molecule has 23 heavy (non-hydrogen) atoms. The summed E-state index contributed by atoms with van der Waals surface area (Å²) < 4.78 is 6.43. The van der Waals surface area contributed by atoms with E-state index in [0.29, 0.717) is 16.3 Å². The van der Waals surface area contributed by atoms with Gasteiger partial charge in [-0.1, -0.05) is 17.7 Å². The number of carbonyl (C=O) groups excluding carboxylic acids is 3. The van der Waals surface area contributed by atoms with Crippen LogP contribution in [-0.4, -0.2) is 28.8 Å². The zero-order chi connectivity index (χ0) is 17.0. The largest absolute Gasteiger partial charge is 0.451 e. The molecule has 0 aliphatic heterocycles. The van der Waals surface area contributed by atoms with Crippen molar-refractivity contribution in [2.24, 2.45) is 7.05 Å². The number of ketones is 1. The molecule has 0 atom stereocenters. The van der Waals surface area contributed by atoms with Crippen molar-refractivity contribution in [3.63, 3.8) is 0 Å². The van der Waals surface area contributed by atoms with Gasteiger partial charge in [0.2, 0.25) is 0 Å². The monoisotopic (exact) mass is 334 g/mol. The molecule has 1 aromatic carbocycles. The molecule has 0 aliphatic carbocycles. The Labute approximate surface area is 138 Å². The van der Waals surface area contributed by atoms with Crippen molar-refractivity contribution in [1.82, 2.24) is 4.57 Å². The van der Waals surface area contributed by atoms with Crippen molar-refractivity contribution in [2.45, 2.75) is 6.92 Å². The molecule has 6 nitrogen and oxygen atoms in total. The Bertz CT molecular complexity index is 767. The predicted molar refractivity (Wildman–Crippen MR) is 85.8 cm³/mol. The Hall–Kier alpha value is -2.60. The highest BCUT2D eigenvalue weighted by Gasteiger charge is 2.16. The number of benzene rings is 1. The van der Waals surface area contributed by atoms with Gasteiger partial charge in [0.05, 0.1) is 0 Å². The Morgan fingerprint density at radius 3 is 2.61 bits per heavy atom. The summed E-state index contributed by atoms with van der Waals surface area (Å²) in [6, 6.07) is 8.05. The standard InChI is InChI=1S/C16H15ClN2O4/c1-10(20)11-6-14(19(2)8-11)16(22)23-9-15(21)18-13-5-3-4-12(17)7-13/h3-8H,9H2,1-2H3,(H,18,21). The van der Waals surface area contributed by atoms with Crippen LogP contribution in [0.5, 0.6) is 0 Å². The van der Waals surface area contributed by atoms with E-state index in [2.05, 4.69) is 5.32 Å². The Kier molecular flexibility index (Phi) is 5.18. The summed E-state index contributed by atoms with van der Waals surface area (Å²) in [5, 5.41) is 3.05. The van der Waals surface area contributed by atoms with Gasteiger partial charge in [0.25, 0.3) is 5.91 Å². The van der Waals surface area contributed by atoms with Gasteiger partial charge < -0.3 is 14.6 Å². The number of aryl methyl sites for hydroxylation is 1.